The number of carbonyl (C=O) groups is 1. The summed E-state index contributed by atoms with van der Waals surface area (Å²) in [6, 6.07) is 5.65. The van der Waals surface area contributed by atoms with E-state index < -0.39 is 0 Å². The van der Waals surface area contributed by atoms with Gasteiger partial charge in [-0.1, -0.05) is 17.8 Å². The lowest BCUT2D eigenvalue weighted by molar-refractivity contribution is 0.0763. The zero-order valence-electron chi connectivity index (χ0n) is 10.3. The first-order chi connectivity index (χ1) is 8.69. The number of thioether (sulfide) groups is 1. The molecule has 0 spiro atoms. The van der Waals surface area contributed by atoms with Gasteiger partial charge in [-0.25, -0.2) is 4.98 Å². The molecule has 0 saturated heterocycles. The molecule has 1 N–H and O–H groups in total. The maximum absolute atomic E-state index is 12.2. The third kappa shape index (κ3) is 2.21. The second-order valence-corrected chi connectivity index (χ2v) is 4.63. The minimum atomic E-state index is -0.173. The van der Waals surface area contributed by atoms with E-state index in [9.17, 15) is 4.79 Å². The summed E-state index contributed by atoms with van der Waals surface area (Å²) in [6.07, 6.45) is 3.81. The Labute approximate surface area is 109 Å². The molecule has 2 aromatic rings. The van der Waals surface area contributed by atoms with E-state index in [0.717, 1.165) is 10.7 Å². The number of amides is 1. The fraction of sp³-hybridized carbons (Fsp3) is 0.333. The fourth-order valence-corrected chi connectivity index (χ4v) is 2.28. The second kappa shape index (κ2) is 5.41. The monoisotopic (exact) mass is 265 g/mol. The van der Waals surface area contributed by atoms with E-state index >= 15 is 0 Å². The van der Waals surface area contributed by atoms with Crippen molar-refractivity contribution in [2.75, 3.05) is 26.5 Å². The van der Waals surface area contributed by atoms with Crippen molar-refractivity contribution in [2.24, 2.45) is 0 Å². The molecule has 5 nitrogen and oxygen atoms in total. The van der Waals surface area contributed by atoms with Gasteiger partial charge in [0.15, 0.2) is 10.9 Å². The summed E-state index contributed by atoms with van der Waals surface area (Å²) in [5.41, 5.74) is 1.22. The number of hydrogen-bond donors (Lipinski definition) is 1. The van der Waals surface area contributed by atoms with Gasteiger partial charge < -0.3 is 10.0 Å². The van der Waals surface area contributed by atoms with Crippen molar-refractivity contribution < 1.29 is 9.90 Å². The van der Waals surface area contributed by atoms with Crippen LogP contribution in [0.3, 0.4) is 0 Å². The first-order valence-electron chi connectivity index (χ1n) is 5.56. The molecular weight excluding hydrogens is 250 g/mol. The number of likely N-dealkylation sites (N-methyl/N-ethyl adjacent to an activating group) is 1. The normalized spacial score (nSPS) is 10.8. The Morgan fingerprint density at radius 3 is 3.00 bits per heavy atom. The summed E-state index contributed by atoms with van der Waals surface area (Å²) in [5.74, 6) is -0.173. The molecular formula is C12H15N3O2S. The van der Waals surface area contributed by atoms with Gasteiger partial charge in [-0.15, -0.1) is 0 Å². The number of aromatic nitrogens is 2. The minimum absolute atomic E-state index is 0.0522. The maximum Gasteiger partial charge on any atom is 0.274 e. The average Bonchev–Trinajstić information content (AvgIpc) is 2.77. The highest BCUT2D eigenvalue weighted by atomic mass is 32.2. The summed E-state index contributed by atoms with van der Waals surface area (Å²) in [6.45, 7) is 0.253. The molecule has 0 aliphatic carbocycles. The lowest BCUT2D eigenvalue weighted by atomic mass is 10.3. The molecule has 0 unspecified atom stereocenters. The molecule has 6 heteroatoms. The van der Waals surface area contributed by atoms with Crippen LogP contribution < -0.4 is 0 Å². The molecule has 1 amide bonds. The number of nitrogens with zero attached hydrogens (tertiary/aromatic N) is 3. The van der Waals surface area contributed by atoms with Crippen molar-refractivity contribution in [1.29, 1.82) is 0 Å². The number of rotatable bonds is 4. The van der Waals surface area contributed by atoms with Gasteiger partial charge in [-0.2, -0.15) is 0 Å². The van der Waals surface area contributed by atoms with E-state index in [1.165, 1.54) is 16.7 Å². The number of aliphatic hydroxyl groups is 1. The predicted molar refractivity (Wildman–Crippen MR) is 71.0 cm³/mol. The first kappa shape index (κ1) is 12.9. The van der Waals surface area contributed by atoms with E-state index in [0.29, 0.717) is 12.2 Å². The number of hydrogen-bond acceptors (Lipinski definition) is 4. The van der Waals surface area contributed by atoms with Crippen LogP contribution in [-0.4, -0.2) is 51.8 Å². The van der Waals surface area contributed by atoms with Crippen molar-refractivity contribution in [3.8, 4) is 0 Å². The molecule has 2 rings (SSSR count). The lowest BCUT2D eigenvalue weighted by Gasteiger charge is -2.13. The highest BCUT2D eigenvalue weighted by Gasteiger charge is 2.19. The van der Waals surface area contributed by atoms with Crippen LogP contribution in [0.2, 0.25) is 0 Å². The molecule has 0 saturated carbocycles. The van der Waals surface area contributed by atoms with Crippen LogP contribution in [0.4, 0.5) is 0 Å². The molecule has 0 radical (unpaired) electrons. The van der Waals surface area contributed by atoms with Gasteiger partial charge in [0.05, 0.1) is 12.1 Å². The maximum atomic E-state index is 12.2. The molecule has 0 aliphatic heterocycles. The lowest BCUT2D eigenvalue weighted by Crippen LogP contribution is -2.29. The van der Waals surface area contributed by atoms with Gasteiger partial charge in [-0.05, 0) is 18.4 Å². The Morgan fingerprint density at radius 2 is 2.33 bits per heavy atom. The number of pyridine rings is 1. The van der Waals surface area contributed by atoms with E-state index in [4.69, 9.17) is 5.11 Å². The van der Waals surface area contributed by atoms with E-state index in [1.807, 2.05) is 35.1 Å². The summed E-state index contributed by atoms with van der Waals surface area (Å²) < 4.78 is 1.89. The van der Waals surface area contributed by atoms with Gasteiger partial charge in [0, 0.05) is 19.8 Å². The topological polar surface area (TPSA) is 57.8 Å². The van der Waals surface area contributed by atoms with Crippen LogP contribution in [-0.2, 0) is 0 Å². The third-order valence-electron chi connectivity index (χ3n) is 2.68. The molecule has 0 bridgehead atoms. The Bertz CT molecular complexity index is 567. The molecule has 2 aromatic heterocycles. The Hall–Kier alpha value is -1.53. The smallest absolute Gasteiger partial charge is 0.274 e. The van der Waals surface area contributed by atoms with Crippen molar-refractivity contribution in [1.82, 2.24) is 14.3 Å². The van der Waals surface area contributed by atoms with E-state index in [1.54, 1.807) is 7.05 Å². The van der Waals surface area contributed by atoms with Gasteiger partial charge in [-0.3, -0.25) is 9.20 Å². The van der Waals surface area contributed by atoms with Gasteiger partial charge in [0.1, 0.15) is 0 Å². The van der Waals surface area contributed by atoms with Gasteiger partial charge in [0.2, 0.25) is 0 Å². The highest BCUT2D eigenvalue weighted by molar-refractivity contribution is 7.98. The minimum Gasteiger partial charge on any atom is -0.395 e. The molecule has 0 aromatic carbocycles. The number of carbonyl (C=O) groups excluding carboxylic acids is 1. The van der Waals surface area contributed by atoms with Gasteiger partial charge >= 0.3 is 0 Å². The molecule has 0 fully saturated rings. The largest absolute Gasteiger partial charge is 0.395 e. The average molecular weight is 265 g/mol. The van der Waals surface area contributed by atoms with Crippen molar-refractivity contribution in [2.45, 2.75) is 5.16 Å². The molecule has 2 heterocycles. The fourth-order valence-electron chi connectivity index (χ4n) is 1.74. The Morgan fingerprint density at radius 1 is 1.56 bits per heavy atom. The molecule has 0 atom stereocenters. The summed E-state index contributed by atoms with van der Waals surface area (Å²) >= 11 is 1.49. The summed E-state index contributed by atoms with van der Waals surface area (Å²) in [4.78, 5) is 18.0. The number of aliphatic hydroxyl groups excluding tert-OH is 1. The number of imidazole rings is 1. The standard InChI is InChI=1S/C12H15N3O2S/c1-14(7-8-16)11(17)10-9-5-3-4-6-15(9)12(13-10)18-2/h3-6,16H,7-8H2,1-2H3. The molecule has 0 aliphatic rings. The predicted octanol–water partition coefficient (Wildman–Crippen LogP) is 1.12. The van der Waals surface area contributed by atoms with Crippen molar-refractivity contribution in [3.05, 3.63) is 30.1 Å². The Balaban J connectivity index is 2.48. The van der Waals surface area contributed by atoms with Crippen LogP contribution in [0, 0.1) is 0 Å². The third-order valence-corrected chi connectivity index (χ3v) is 3.34. The van der Waals surface area contributed by atoms with Gasteiger partial charge in [0.25, 0.3) is 5.91 Å². The van der Waals surface area contributed by atoms with Crippen LogP contribution in [0.15, 0.2) is 29.6 Å². The van der Waals surface area contributed by atoms with Crippen LogP contribution in [0.25, 0.3) is 5.52 Å². The molecule has 96 valence electrons. The Kier molecular flexibility index (Phi) is 3.88. The summed E-state index contributed by atoms with van der Waals surface area (Å²) in [7, 11) is 1.66. The van der Waals surface area contributed by atoms with Crippen LogP contribution >= 0.6 is 11.8 Å². The number of fused-ring (bicyclic) bond motifs is 1. The van der Waals surface area contributed by atoms with Crippen LogP contribution in [0.1, 0.15) is 10.5 Å². The van der Waals surface area contributed by atoms with Crippen molar-refractivity contribution in [3.63, 3.8) is 0 Å². The highest BCUT2D eigenvalue weighted by Crippen LogP contribution is 2.20. The zero-order chi connectivity index (χ0) is 13.1. The first-order valence-corrected chi connectivity index (χ1v) is 6.79. The van der Waals surface area contributed by atoms with Crippen molar-refractivity contribution >= 4 is 23.2 Å². The van der Waals surface area contributed by atoms with Crippen LogP contribution in [0.5, 0.6) is 0 Å². The quantitative estimate of drug-likeness (QED) is 0.842. The SMILES string of the molecule is CSc1nc(C(=O)N(C)CCO)c2ccccn12. The van der Waals surface area contributed by atoms with E-state index in [-0.39, 0.29) is 12.5 Å². The second-order valence-electron chi connectivity index (χ2n) is 3.85. The zero-order valence-corrected chi connectivity index (χ0v) is 11.1. The van der Waals surface area contributed by atoms with E-state index in [2.05, 4.69) is 4.98 Å². The summed E-state index contributed by atoms with van der Waals surface area (Å²) in [5, 5.41) is 9.66. The molecule has 18 heavy (non-hydrogen) atoms.